The van der Waals surface area contributed by atoms with E-state index in [1.54, 1.807) is 0 Å². The standard InChI is InChI=1S/C12H21N3O/c16-12(11-4-1-5-13-11)15-8-7-14-6-2-3-10(14)9-15/h10-11,13H,1-9H2. The number of piperazine rings is 1. The van der Waals surface area contributed by atoms with E-state index >= 15 is 0 Å². The molecule has 0 aromatic rings. The van der Waals surface area contributed by atoms with Crippen molar-refractivity contribution < 1.29 is 4.79 Å². The van der Waals surface area contributed by atoms with Crippen molar-refractivity contribution >= 4 is 5.91 Å². The van der Waals surface area contributed by atoms with Crippen LogP contribution in [0.2, 0.25) is 0 Å². The monoisotopic (exact) mass is 223 g/mol. The molecule has 3 aliphatic rings. The Morgan fingerprint density at radius 3 is 2.88 bits per heavy atom. The number of hydrogen-bond donors (Lipinski definition) is 1. The Morgan fingerprint density at radius 1 is 1.12 bits per heavy atom. The summed E-state index contributed by atoms with van der Waals surface area (Å²) in [6.45, 7) is 5.25. The van der Waals surface area contributed by atoms with Gasteiger partial charge in [-0.05, 0) is 38.8 Å². The van der Waals surface area contributed by atoms with Crippen molar-refractivity contribution in [2.45, 2.75) is 37.8 Å². The molecule has 0 radical (unpaired) electrons. The smallest absolute Gasteiger partial charge is 0.239 e. The van der Waals surface area contributed by atoms with E-state index in [1.165, 1.54) is 19.4 Å². The normalized spacial score (nSPS) is 35.4. The van der Waals surface area contributed by atoms with Gasteiger partial charge in [0.2, 0.25) is 5.91 Å². The van der Waals surface area contributed by atoms with Gasteiger partial charge < -0.3 is 10.2 Å². The predicted molar refractivity (Wildman–Crippen MR) is 62.2 cm³/mol. The highest BCUT2D eigenvalue weighted by molar-refractivity contribution is 5.82. The summed E-state index contributed by atoms with van der Waals surface area (Å²) in [5.74, 6) is 0.351. The summed E-state index contributed by atoms with van der Waals surface area (Å²) < 4.78 is 0. The third kappa shape index (κ3) is 1.84. The van der Waals surface area contributed by atoms with Crippen molar-refractivity contribution in [2.24, 2.45) is 0 Å². The molecule has 2 atom stereocenters. The average Bonchev–Trinajstić information content (AvgIpc) is 2.98. The fraction of sp³-hybridized carbons (Fsp3) is 0.917. The Bertz CT molecular complexity index is 275. The Kier molecular flexibility index (Phi) is 2.86. The molecule has 4 heteroatoms. The lowest BCUT2D eigenvalue weighted by molar-refractivity contribution is -0.135. The summed E-state index contributed by atoms with van der Waals surface area (Å²) >= 11 is 0. The maximum Gasteiger partial charge on any atom is 0.239 e. The van der Waals surface area contributed by atoms with Gasteiger partial charge in [-0.15, -0.1) is 0 Å². The van der Waals surface area contributed by atoms with E-state index < -0.39 is 0 Å². The van der Waals surface area contributed by atoms with Crippen molar-refractivity contribution in [1.29, 1.82) is 0 Å². The topological polar surface area (TPSA) is 35.6 Å². The average molecular weight is 223 g/mol. The summed E-state index contributed by atoms with van der Waals surface area (Å²) in [5, 5.41) is 3.31. The SMILES string of the molecule is O=C(C1CCCN1)N1CCN2CCCC2C1. The minimum Gasteiger partial charge on any atom is -0.338 e. The predicted octanol–water partition coefficient (Wildman–Crippen LogP) is 0.0450. The number of hydrogen-bond acceptors (Lipinski definition) is 3. The molecule has 0 bridgehead atoms. The third-order valence-electron chi connectivity index (χ3n) is 4.26. The maximum absolute atomic E-state index is 12.2. The largest absolute Gasteiger partial charge is 0.338 e. The van der Waals surface area contributed by atoms with Crippen LogP contribution in [-0.2, 0) is 4.79 Å². The van der Waals surface area contributed by atoms with E-state index in [9.17, 15) is 4.79 Å². The Morgan fingerprint density at radius 2 is 2.06 bits per heavy atom. The summed E-state index contributed by atoms with van der Waals surface area (Å²) in [4.78, 5) is 16.9. The molecular formula is C12H21N3O. The van der Waals surface area contributed by atoms with Gasteiger partial charge in [-0.3, -0.25) is 9.69 Å². The van der Waals surface area contributed by atoms with Crippen molar-refractivity contribution in [1.82, 2.24) is 15.1 Å². The molecule has 0 aromatic heterocycles. The zero-order valence-electron chi connectivity index (χ0n) is 9.82. The van der Waals surface area contributed by atoms with Crippen molar-refractivity contribution in [3.8, 4) is 0 Å². The van der Waals surface area contributed by atoms with Gasteiger partial charge in [-0.25, -0.2) is 0 Å². The lowest BCUT2D eigenvalue weighted by Crippen LogP contribution is -2.55. The van der Waals surface area contributed by atoms with Crippen LogP contribution in [0.5, 0.6) is 0 Å². The minimum atomic E-state index is 0.118. The second kappa shape index (κ2) is 4.34. The zero-order valence-corrected chi connectivity index (χ0v) is 9.82. The van der Waals surface area contributed by atoms with Crippen LogP contribution in [-0.4, -0.2) is 60.5 Å². The van der Waals surface area contributed by atoms with Gasteiger partial charge in [0, 0.05) is 25.7 Å². The van der Waals surface area contributed by atoms with Crippen LogP contribution >= 0.6 is 0 Å². The van der Waals surface area contributed by atoms with Gasteiger partial charge in [-0.1, -0.05) is 0 Å². The number of carbonyl (C=O) groups is 1. The summed E-state index contributed by atoms with van der Waals surface area (Å²) in [5.41, 5.74) is 0. The van der Waals surface area contributed by atoms with Gasteiger partial charge in [0.25, 0.3) is 0 Å². The molecule has 3 saturated heterocycles. The number of rotatable bonds is 1. The highest BCUT2D eigenvalue weighted by Crippen LogP contribution is 2.22. The summed E-state index contributed by atoms with van der Waals surface area (Å²) in [6.07, 6.45) is 4.78. The quantitative estimate of drug-likeness (QED) is 0.682. The van der Waals surface area contributed by atoms with Gasteiger partial charge in [0.15, 0.2) is 0 Å². The molecule has 0 spiro atoms. The third-order valence-corrected chi connectivity index (χ3v) is 4.26. The minimum absolute atomic E-state index is 0.118. The van der Waals surface area contributed by atoms with Crippen LogP contribution in [0.15, 0.2) is 0 Å². The van der Waals surface area contributed by atoms with E-state index in [-0.39, 0.29) is 6.04 Å². The molecule has 0 aliphatic carbocycles. The second-order valence-electron chi connectivity index (χ2n) is 5.27. The number of carbonyl (C=O) groups excluding carboxylic acids is 1. The van der Waals surface area contributed by atoms with Crippen molar-refractivity contribution in [2.75, 3.05) is 32.7 Å². The Balaban J connectivity index is 1.60. The van der Waals surface area contributed by atoms with Gasteiger partial charge in [0.1, 0.15) is 0 Å². The van der Waals surface area contributed by atoms with Gasteiger partial charge in [-0.2, -0.15) is 0 Å². The first kappa shape index (κ1) is 10.5. The van der Waals surface area contributed by atoms with E-state index in [4.69, 9.17) is 0 Å². The lowest BCUT2D eigenvalue weighted by Gasteiger charge is -2.38. The fourth-order valence-electron chi connectivity index (χ4n) is 3.31. The van der Waals surface area contributed by atoms with Crippen molar-refractivity contribution in [3.05, 3.63) is 0 Å². The molecule has 1 amide bonds. The molecule has 0 saturated carbocycles. The van der Waals surface area contributed by atoms with E-state index in [0.29, 0.717) is 11.9 Å². The number of nitrogens with zero attached hydrogens (tertiary/aromatic N) is 2. The van der Waals surface area contributed by atoms with E-state index in [0.717, 1.165) is 39.0 Å². The molecule has 16 heavy (non-hydrogen) atoms. The van der Waals surface area contributed by atoms with Crippen LogP contribution in [0, 0.1) is 0 Å². The van der Waals surface area contributed by atoms with Crippen LogP contribution in [0.4, 0.5) is 0 Å². The highest BCUT2D eigenvalue weighted by Gasteiger charge is 2.35. The molecule has 3 rings (SSSR count). The molecule has 0 aromatic carbocycles. The first-order chi connectivity index (χ1) is 7.84. The molecule has 4 nitrogen and oxygen atoms in total. The van der Waals surface area contributed by atoms with Crippen LogP contribution < -0.4 is 5.32 Å². The lowest BCUT2D eigenvalue weighted by atomic mass is 10.1. The fourth-order valence-corrected chi connectivity index (χ4v) is 3.31. The highest BCUT2D eigenvalue weighted by atomic mass is 16.2. The zero-order chi connectivity index (χ0) is 11.0. The molecule has 2 unspecified atom stereocenters. The molecule has 3 heterocycles. The van der Waals surface area contributed by atoms with Gasteiger partial charge >= 0.3 is 0 Å². The number of amides is 1. The summed E-state index contributed by atoms with van der Waals surface area (Å²) in [6, 6.07) is 0.770. The number of nitrogens with one attached hydrogen (secondary N) is 1. The molecular weight excluding hydrogens is 202 g/mol. The van der Waals surface area contributed by atoms with E-state index in [2.05, 4.69) is 15.1 Å². The van der Waals surface area contributed by atoms with Crippen LogP contribution in [0.25, 0.3) is 0 Å². The first-order valence-corrected chi connectivity index (χ1v) is 6.61. The molecule has 1 N–H and O–H groups in total. The maximum atomic E-state index is 12.2. The molecule has 3 aliphatic heterocycles. The Hall–Kier alpha value is -0.610. The van der Waals surface area contributed by atoms with Crippen molar-refractivity contribution in [3.63, 3.8) is 0 Å². The summed E-state index contributed by atoms with van der Waals surface area (Å²) in [7, 11) is 0. The van der Waals surface area contributed by atoms with Crippen LogP contribution in [0.1, 0.15) is 25.7 Å². The number of fused-ring (bicyclic) bond motifs is 1. The van der Waals surface area contributed by atoms with Gasteiger partial charge in [0.05, 0.1) is 6.04 Å². The van der Waals surface area contributed by atoms with E-state index in [1.807, 2.05) is 0 Å². The Labute approximate surface area is 97.0 Å². The molecule has 90 valence electrons. The first-order valence-electron chi connectivity index (χ1n) is 6.61. The second-order valence-corrected chi connectivity index (χ2v) is 5.27. The van der Waals surface area contributed by atoms with Crippen LogP contribution in [0.3, 0.4) is 0 Å². The molecule has 3 fully saturated rings.